The SMILES string of the molecule is CC(C)(C)C1C/C(=C/c2cccc(Cl)c2)c2nc3ccccc3c(C(=O)OCC(=O)Nc3ccccc3)c2C1. The molecule has 0 radical (unpaired) electrons. The molecule has 198 valence electrons. The van der Waals surface area contributed by atoms with Gasteiger partial charge in [0.05, 0.1) is 16.8 Å². The van der Waals surface area contributed by atoms with E-state index >= 15 is 0 Å². The zero-order valence-corrected chi connectivity index (χ0v) is 23.1. The molecule has 39 heavy (non-hydrogen) atoms. The van der Waals surface area contributed by atoms with Crippen LogP contribution in [0.3, 0.4) is 0 Å². The van der Waals surface area contributed by atoms with E-state index in [0.29, 0.717) is 28.2 Å². The molecule has 3 aromatic carbocycles. The summed E-state index contributed by atoms with van der Waals surface area (Å²) in [7, 11) is 0. The first-order chi connectivity index (χ1) is 18.7. The Labute approximate surface area is 233 Å². The summed E-state index contributed by atoms with van der Waals surface area (Å²) in [6.07, 6.45) is 3.62. The zero-order chi connectivity index (χ0) is 27.6. The van der Waals surface area contributed by atoms with Crippen LogP contribution in [0.2, 0.25) is 5.02 Å². The molecule has 5 rings (SSSR count). The van der Waals surface area contributed by atoms with Gasteiger partial charge in [-0.05, 0) is 77.3 Å². The number of hydrogen-bond donors (Lipinski definition) is 1. The van der Waals surface area contributed by atoms with Crippen LogP contribution in [0, 0.1) is 11.3 Å². The molecular weight excluding hydrogens is 508 g/mol. The molecule has 1 aliphatic rings. The first-order valence-electron chi connectivity index (χ1n) is 13.1. The third kappa shape index (κ3) is 6.04. The standard InChI is InChI=1S/C33H31ClN2O3/c1-33(2,3)23-18-22(16-21-10-9-11-24(34)17-21)31-27(19-23)30(26-14-7-8-15-28(26)36-31)32(38)39-20-29(37)35-25-12-5-4-6-13-25/h4-17,23H,18-20H2,1-3H3,(H,35,37)/b22-16-. The number of para-hydroxylation sites is 2. The summed E-state index contributed by atoms with van der Waals surface area (Å²) in [5.41, 5.74) is 5.53. The van der Waals surface area contributed by atoms with E-state index < -0.39 is 11.9 Å². The smallest absolute Gasteiger partial charge is 0.339 e. The number of carbonyl (C=O) groups excluding carboxylic acids is 2. The molecule has 0 spiro atoms. The number of allylic oxidation sites excluding steroid dienone is 1. The van der Waals surface area contributed by atoms with E-state index in [4.69, 9.17) is 21.3 Å². The van der Waals surface area contributed by atoms with E-state index in [2.05, 4.69) is 32.2 Å². The average molecular weight is 539 g/mol. The molecule has 0 fully saturated rings. The average Bonchev–Trinajstić information content (AvgIpc) is 2.90. The van der Waals surface area contributed by atoms with Gasteiger partial charge in [0, 0.05) is 16.1 Å². The Morgan fingerprint density at radius 3 is 2.49 bits per heavy atom. The number of benzene rings is 3. The van der Waals surface area contributed by atoms with Gasteiger partial charge in [0.2, 0.25) is 0 Å². The van der Waals surface area contributed by atoms with Crippen LogP contribution in [-0.2, 0) is 16.0 Å². The molecule has 1 aromatic heterocycles. The van der Waals surface area contributed by atoms with Crippen molar-refractivity contribution >= 4 is 51.7 Å². The predicted octanol–water partition coefficient (Wildman–Crippen LogP) is 7.83. The van der Waals surface area contributed by atoms with Gasteiger partial charge in [-0.2, -0.15) is 0 Å². The minimum atomic E-state index is -0.523. The second-order valence-electron chi connectivity index (χ2n) is 11.0. The van der Waals surface area contributed by atoms with Crippen molar-refractivity contribution in [1.82, 2.24) is 4.98 Å². The lowest BCUT2D eigenvalue weighted by Gasteiger charge is -2.36. The number of ether oxygens (including phenoxy) is 1. The summed E-state index contributed by atoms with van der Waals surface area (Å²) < 4.78 is 5.61. The molecule has 0 saturated carbocycles. The van der Waals surface area contributed by atoms with Gasteiger partial charge in [0.25, 0.3) is 5.91 Å². The molecule has 5 nitrogen and oxygen atoms in total. The van der Waals surface area contributed by atoms with Gasteiger partial charge < -0.3 is 10.1 Å². The van der Waals surface area contributed by atoms with Crippen molar-refractivity contribution in [3.05, 3.63) is 106 Å². The largest absolute Gasteiger partial charge is 0.452 e. The molecule has 1 N–H and O–H groups in total. The monoisotopic (exact) mass is 538 g/mol. The molecule has 0 bridgehead atoms. The maximum Gasteiger partial charge on any atom is 0.339 e. The Kier molecular flexibility index (Phi) is 7.53. The number of carbonyl (C=O) groups is 2. The lowest BCUT2D eigenvalue weighted by atomic mass is 9.69. The highest BCUT2D eigenvalue weighted by Gasteiger charge is 2.35. The topological polar surface area (TPSA) is 68.3 Å². The van der Waals surface area contributed by atoms with Gasteiger partial charge in [-0.25, -0.2) is 9.78 Å². The maximum atomic E-state index is 13.7. The Bertz CT molecular complexity index is 1570. The number of nitrogens with zero attached hydrogens (tertiary/aromatic N) is 1. The van der Waals surface area contributed by atoms with Crippen molar-refractivity contribution in [2.24, 2.45) is 11.3 Å². The third-order valence-electron chi connectivity index (χ3n) is 7.22. The van der Waals surface area contributed by atoms with Crippen LogP contribution in [-0.4, -0.2) is 23.5 Å². The van der Waals surface area contributed by atoms with E-state index in [1.807, 2.05) is 66.7 Å². The predicted molar refractivity (Wildman–Crippen MR) is 158 cm³/mol. The fourth-order valence-corrected chi connectivity index (χ4v) is 5.29. The minimum Gasteiger partial charge on any atom is -0.452 e. The number of anilines is 1. The summed E-state index contributed by atoms with van der Waals surface area (Å²) in [4.78, 5) is 31.3. The van der Waals surface area contributed by atoms with Gasteiger partial charge >= 0.3 is 5.97 Å². The number of nitrogens with one attached hydrogen (secondary N) is 1. The highest BCUT2D eigenvalue weighted by Crippen LogP contribution is 2.45. The molecule has 1 unspecified atom stereocenters. The summed E-state index contributed by atoms with van der Waals surface area (Å²) in [5.74, 6) is -0.646. The quantitative estimate of drug-likeness (QED) is 0.263. The first kappa shape index (κ1) is 26.6. The molecule has 1 amide bonds. The van der Waals surface area contributed by atoms with Crippen LogP contribution in [0.4, 0.5) is 5.69 Å². The van der Waals surface area contributed by atoms with Gasteiger partial charge in [0.1, 0.15) is 0 Å². The number of aromatic nitrogens is 1. The van der Waals surface area contributed by atoms with E-state index in [-0.39, 0.29) is 17.9 Å². The van der Waals surface area contributed by atoms with Crippen LogP contribution < -0.4 is 5.32 Å². The molecule has 0 aliphatic heterocycles. The van der Waals surface area contributed by atoms with Gasteiger partial charge in [-0.15, -0.1) is 0 Å². The second-order valence-corrected chi connectivity index (χ2v) is 11.5. The highest BCUT2D eigenvalue weighted by atomic mass is 35.5. The Balaban J connectivity index is 1.56. The van der Waals surface area contributed by atoms with Crippen LogP contribution >= 0.6 is 11.6 Å². The van der Waals surface area contributed by atoms with Crippen LogP contribution in [0.5, 0.6) is 0 Å². The Morgan fingerprint density at radius 1 is 1.00 bits per heavy atom. The summed E-state index contributed by atoms with van der Waals surface area (Å²) in [6.45, 7) is 6.28. The summed E-state index contributed by atoms with van der Waals surface area (Å²) in [5, 5.41) is 4.15. The van der Waals surface area contributed by atoms with Crippen molar-refractivity contribution in [1.29, 1.82) is 0 Å². The van der Waals surface area contributed by atoms with Crippen LogP contribution in [0.25, 0.3) is 22.6 Å². The lowest BCUT2D eigenvalue weighted by Crippen LogP contribution is -2.29. The van der Waals surface area contributed by atoms with Gasteiger partial charge in [-0.1, -0.05) is 80.9 Å². The molecule has 1 heterocycles. The third-order valence-corrected chi connectivity index (χ3v) is 7.46. The fraction of sp³-hybridized carbons (Fsp3) is 0.242. The number of halogens is 1. The zero-order valence-electron chi connectivity index (χ0n) is 22.3. The summed E-state index contributed by atoms with van der Waals surface area (Å²) >= 11 is 6.28. The van der Waals surface area contributed by atoms with Crippen molar-refractivity contribution < 1.29 is 14.3 Å². The van der Waals surface area contributed by atoms with Crippen molar-refractivity contribution in [2.45, 2.75) is 33.6 Å². The molecule has 1 atom stereocenters. The number of hydrogen-bond acceptors (Lipinski definition) is 4. The highest BCUT2D eigenvalue weighted by molar-refractivity contribution is 6.30. The first-order valence-corrected chi connectivity index (χ1v) is 13.5. The molecular formula is C33H31ClN2O3. The minimum absolute atomic E-state index is 0.00645. The lowest BCUT2D eigenvalue weighted by molar-refractivity contribution is -0.119. The van der Waals surface area contributed by atoms with E-state index in [1.165, 1.54) is 0 Å². The van der Waals surface area contributed by atoms with Crippen molar-refractivity contribution in [3.63, 3.8) is 0 Å². The summed E-state index contributed by atoms with van der Waals surface area (Å²) in [6, 6.07) is 24.4. The number of fused-ring (bicyclic) bond motifs is 2. The maximum absolute atomic E-state index is 13.7. The molecule has 4 aromatic rings. The fourth-order valence-electron chi connectivity index (χ4n) is 5.09. The van der Waals surface area contributed by atoms with Crippen molar-refractivity contribution in [3.8, 4) is 0 Å². The molecule has 1 aliphatic carbocycles. The molecule has 6 heteroatoms. The van der Waals surface area contributed by atoms with E-state index in [1.54, 1.807) is 12.1 Å². The van der Waals surface area contributed by atoms with E-state index in [9.17, 15) is 9.59 Å². The normalized spacial score (nSPS) is 16.1. The number of rotatable bonds is 5. The molecule has 0 saturated heterocycles. The van der Waals surface area contributed by atoms with Gasteiger partial charge in [-0.3, -0.25) is 4.79 Å². The number of amides is 1. The van der Waals surface area contributed by atoms with E-state index in [0.717, 1.165) is 34.2 Å². The second kappa shape index (κ2) is 11.0. The van der Waals surface area contributed by atoms with Gasteiger partial charge in [0.15, 0.2) is 6.61 Å². The Morgan fingerprint density at radius 2 is 1.74 bits per heavy atom. The number of esters is 1. The van der Waals surface area contributed by atoms with Crippen molar-refractivity contribution in [2.75, 3.05) is 11.9 Å². The Hall–Kier alpha value is -3.96. The number of pyridine rings is 1. The van der Waals surface area contributed by atoms with Crippen LogP contribution in [0.1, 0.15) is 54.4 Å². The van der Waals surface area contributed by atoms with Crippen LogP contribution in [0.15, 0.2) is 78.9 Å².